The number of piperidine rings is 1. The van der Waals surface area contributed by atoms with Crippen LogP contribution >= 0.6 is 11.3 Å². The van der Waals surface area contributed by atoms with E-state index in [9.17, 15) is 9.59 Å². The molecule has 150 valence electrons. The first-order valence-corrected chi connectivity index (χ1v) is 11.0. The highest BCUT2D eigenvalue weighted by Crippen LogP contribution is 2.37. The number of pyridine rings is 1. The largest absolute Gasteiger partial charge is 0.341 e. The zero-order valence-electron chi connectivity index (χ0n) is 16.2. The monoisotopic (exact) mass is 416 g/mol. The van der Waals surface area contributed by atoms with Gasteiger partial charge in [-0.2, -0.15) is 0 Å². The van der Waals surface area contributed by atoms with Crippen LogP contribution in [0.25, 0.3) is 20.7 Å². The molecule has 0 saturated carbocycles. The summed E-state index contributed by atoms with van der Waals surface area (Å²) in [4.78, 5) is 36.9. The fourth-order valence-corrected chi connectivity index (χ4v) is 5.92. The number of H-pyrrole nitrogens is 1. The van der Waals surface area contributed by atoms with Crippen molar-refractivity contribution in [3.8, 4) is 10.4 Å². The van der Waals surface area contributed by atoms with E-state index in [1.54, 1.807) is 17.4 Å². The predicted molar refractivity (Wildman–Crippen MR) is 119 cm³/mol. The summed E-state index contributed by atoms with van der Waals surface area (Å²) in [5.74, 6) is 1.28. The Labute approximate surface area is 176 Å². The summed E-state index contributed by atoms with van der Waals surface area (Å²) in [6.45, 7) is 2.28. The normalized spacial score (nSPS) is 20.3. The summed E-state index contributed by atoms with van der Waals surface area (Å²) in [6, 6.07) is 17.5. The average Bonchev–Trinajstić information content (AvgIpc) is 3.20. The summed E-state index contributed by atoms with van der Waals surface area (Å²) >= 11 is 1.55. The van der Waals surface area contributed by atoms with Crippen LogP contribution in [0.2, 0.25) is 0 Å². The number of aromatic nitrogens is 3. The van der Waals surface area contributed by atoms with E-state index < -0.39 is 0 Å². The molecule has 2 bridgehead atoms. The van der Waals surface area contributed by atoms with E-state index in [2.05, 4.69) is 16.0 Å². The molecule has 1 fully saturated rings. The topological polar surface area (TPSA) is 71.0 Å². The molecule has 5 heterocycles. The predicted octanol–water partition coefficient (Wildman–Crippen LogP) is 3.44. The third-order valence-electron chi connectivity index (χ3n) is 6.23. The summed E-state index contributed by atoms with van der Waals surface area (Å²) in [5, 5.41) is 0.636. The fourth-order valence-electron chi connectivity index (χ4n) is 4.88. The Morgan fingerprint density at radius 2 is 1.87 bits per heavy atom. The lowest BCUT2D eigenvalue weighted by Crippen LogP contribution is -2.47. The van der Waals surface area contributed by atoms with Crippen molar-refractivity contribution in [2.45, 2.75) is 18.9 Å². The van der Waals surface area contributed by atoms with Gasteiger partial charge in [0.1, 0.15) is 4.83 Å². The van der Waals surface area contributed by atoms with Crippen LogP contribution in [-0.2, 0) is 6.54 Å². The molecular weight excluding hydrogens is 396 g/mol. The van der Waals surface area contributed by atoms with Gasteiger partial charge in [-0.1, -0.05) is 36.4 Å². The van der Waals surface area contributed by atoms with Crippen LogP contribution in [0.15, 0.2) is 64.2 Å². The summed E-state index contributed by atoms with van der Waals surface area (Å²) in [6.07, 6.45) is 1.07. The SMILES string of the molecule is O=c1[nH]c(N2CC3CC(C2)c2cccc(=O)n2C3)nc2sc(-c3ccccc3)cc12. The first kappa shape index (κ1) is 17.7. The van der Waals surface area contributed by atoms with Gasteiger partial charge in [-0.05, 0) is 30.0 Å². The molecule has 1 aromatic carbocycles. The fraction of sp³-hybridized carbons (Fsp3) is 0.261. The van der Waals surface area contributed by atoms with Crippen LogP contribution < -0.4 is 16.0 Å². The Kier molecular flexibility index (Phi) is 3.92. The van der Waals surface area contributed by atoms with E-state index in [1.165, 1.54) is 0 Å². The number of aromatic amines is 1. The highest BCUT2D eigenvalue weighted by atomic mass is 32.1. The summed E-state index contributed by atoms with van der Waals surface area (Å²) in [7, 11) is 0. The minimum Gasteiger partial charge on any atom is -0.341 e. The van der Waals surface area contributed by atoms with Crippen molar-refractivity contribution in [1.29, 1.82) is 0 Å². The van der Waals surface area contributed by atoms with Crippen molar-refractivity contribution in [3.63, 3.8) is 0 Å². The Morgan fingerprint density at radius 3 is 2.73 bits per heavy atom. The number of nitrogens with one attached hydrogen (secondary N) is 1. The Balaban J connectivity index is 1.38. The van der Waals surface area contributed by atoms with Crippen molar-refractivity contribution < 1.29 is 0 Å². The van der Waals surface area contributed by atoms with Gasteiger partial charge < -0.3 is 9.47 Å². The quantitative estimate of drug-likeness (QED) is 0.543. The molecule has 2 aliphatic rings. The molecule has 30 heavy (non-hydrogen) atoms. The number of rotatable bonds is 2. The third kappa shape index (κ3) is 2.81. The molecule has 0 amide bonds. The molecule has 4 aromatic rings. The number of hydrogen-bond donors (Lipinski definition) is 1. The summed E-state index contributed by atoms with van der Waals surface area (Å²) < 4.78 is 1.92. The van der Waals surface area contributed by atoms with E-state index in [0.29, 0.717) is 17.3 Å². The van der Waals surface area contributed by atoms with Crippen molar-refractivity contribution >= 4 is 27.5 Å². The molecule has 1 saturated heterocycles. The van der Waals surface area contributed by atoms with Gasteiger partial charge in [0.15, 0.2) is 0 Å². The van der Waals surface area contributed by atoms with E-state index in [1.807, 2.05) is 47.0 Å². The van der Waals surface area contributed by atoms with Gasteiger partial charge in [-0.25, -0.2) is 4.98 Å². The Hall–Kier alpha value is -3.19. The second-order valence-electron chi connectivity index (χ2n) is 8.19. The van der Waals surface area contributed by atoms with Crippen LogP contribution in [0, 0.1) is 5.92 Å². The van der Waals surface area contributed by atoms with Gasteiger partial charge in [0.05, 0.1) is 5.39 Å². The van der Waals surface area contributed by atoms with Crippen molar-refractivity contribution in [2.75, 3.05) is 18.0 Å². The highest BCUT2D eigenvalue weighted by molar-refractivity contribution is 7.21. The first-order valence-electron chi connectivity index (χ1n) is 10.2. The summed E-state index contributed by atoms with van der Waals surface area (Å²) in [5.41, 5.74) is 2.17. The zero-order valence-corrected chi connectivity index (χ0v) is 17.1. The molecule has 7 heteroatoms. The molecule has 0 aliphatic carbocycles. The maximum Gasteiger partial charge on any atom is 0.261 e. The van der Waals surface area contributed by atoms with Gasteiger partial charge in [-0.15, -0.1) is 11.3 Å². The van der Waals surface area contributed by atoms with Crippen LogP contribution in [0.1, 0.15) is 18.0 Å². The van der Waals surface area contributed by atoms with E-state index in [-0.39, 0.29) is 17.0 Å². The standard InChI is InChI=1S/C23H20N4O2S/c28-20-8-4-7-18-16-9-14(12-27(18)20)11-26(13-16)23-24-21(29)17-10-19(30-22(17)25-23)15-5-2-1-3-6-15/h1-8,10,14,16H,9,11-13H2,(H,24,25,29). The number of benzene rings is 1. The first-order chi connectivity index (χ1) is 14.7. The minimum atomic E-state index is -0.0965. The van der Waals surface area contributed by atoms with Gasteiger partial charge in [0.2, 0.25) is 5.95 Å². The number of anilines is 1. The van der Waals surface area contributed by atoms with Gasteiger partial charge in [0.25, 0.3) is 11.1 Å². The van der Waals surface area contributed by atoms with Gasteiger partial charge >= 0.3 is 0 Å². The average molecular weight is 417 g/mol. The lowest BCUT2D eigenvalue weighted by molar-refractivity contribution is 0.279. The Bertz CT molecular complexity index is 1370. The van der Waals surface area contributed by atoms with E-state index in [4.69, 9.17) is 4.98 Å². The molecule has 6 rings (SSSR count). The molecule has 2 aliphatic heterocycles. The molecule has 0 spiro atoms. The lowest BCUT2D eigenvalue weighted by atomic mass is 9.83. The molecule has 3 aromatic heterocycles. The molecule has 2 atom stereocenters. The minimum absolute atomic E-state index is 0.0793. The number of hydrogen-bond acceptors (Lipinski definition) is 5. The van der Waals surface area contributed by atoms with Crippen molar-refractivity contribution in [3.05, 3.63) is 81.0 Å². The zero-order chi connectivity index (χ0) is 20.2. The maximum absolute atomic E-state index is 12.8. The lowest BCUT2D eigenvalue weighted by Gasteiger charge is -2.42. The van der Waals surface area contributed by atoms with Crippen LogP contribution in [-0.4, -0.2) is 27.6 Å². The second kappa shape index (κ2) is 6.67. The molecule has 2 unspecified atom stereocenters. The second-order valence-corrected chi connectivity index (χ2v) is 9.22. The molecule has 0 radical (unpaired) electrons. The van der Waals surface area contributed by atoms with E-state index in [0.717, 1.165) is 47.0 Å². The van der Waals surface area contributed by atoms with Crippen molar-refractivity contribution in [2.24, 2.45) is 5.92 Å². The van der Waals surface area contributed by atoms with Crippen LogP contribution in [0.3, 0.4) is 0 Å². The molecule has 6 nitrogen and oxygen atoms in total. The Morgan fingerprint density at radius 1 is 1.00 bits per heavy atom. The molecular formula is C23H20N4O2S. The number of thiophene rings is 1. The smallest absolute Gasteiger partial charge is 0.261 e. The molecule has 1 N–H and O–H groups in total. The van der Waals surface area contributed by atoms with Crippen LogP contribution in [0.4, 0.5) is 5.95 Å². The van der Waals surface area contributed by atoms with Crippen LogP contribution in [0.5, 0.6) is 0 Å². The van der Waals surface area contributed by atoms with Gasteiger partial charge in [-0.3, -0.25) is 14.6 Å². The van der Waals surface area contributed by atoms with Gasteiger partial charge in [0, 0.05) is 42.2 Å². The van der Waals surface area contributed by atoms with Crippen molar-refractivity contribution in [1.82, 2.24) is 14.5 Å². The third-order valence-corrected chi connectivity index (χ3v) is 7.31. The maximum atomic E-state index is 12.8. The number of fused-ring (bicyclic) bond motifs is 5. The van der Waals surface area contributed by atoms with E-state index >= 15 is 0 Å². The number of nitrogens with zero attached hydrogens (tertiary/aromatic N) is 3. The highest BCUT2D eigenvalue weighted by Gasteiger charge is 2.35.